The molecule has 4 N–H and O–H groups in total. The van der Waals surface area contributed by atoms with Gasteiger partial charge < -0.3 is 16.0 Å². The summed E-state index contributed by atoms with van der Waals surface area (Å²) in [4.78, 5) is 18.5. The van der Waals surface area contributed by atoms with Crippen molar-refractivity contribution in [3.05, 3.63) is 53.9 Å². The highest BCUT2D eigenvalue weighted by atomic mass is 19.1. The first-order valence-corrected chi connectivity index (χ1v) is 5.90. The molecule has 0 aliphatic rings. The molecule has 0 radical (unpaired) electrons. The number of hydrogen-bond acceptors (Lipinski definition) is 3. The number of aromatic nitrogens is 2. The van der Waals surface area contributed by atoms with Gasteiger partial charge >= 0.3 is 0 Å². The Labute approximate surface area is 110 Å². The van der Waals surface area contributed by atoms with Crippen LogP contribution in [-0.4, -0.2) is 21.9 Å². The standard InChI is InChI=1S/C13H15FN4O/c14-10-3-1-9(2-4-10)6-17-13(19)12(15)5-11-7-16-8-18-11/h1-4,7-8,12H,5-6,15H2,(H,16,18)(H,17,19)/t12-/m0/s1. The smallest absolute Gasteiger partial charge is 0.237 e. The Morgan fingerprint density at radius 2 is 2.16 bits per heavy atom. The first-order valence-electron chi connectivity index (χ1n) is 5.90. The number of nitrogens with zero attached hydrogens (tertiary/aromatic N) is 1. The number of imidazole rings is 1. The maximum atomic E-state index is 12.7. The summed E-state index contributed by atoms with van der Waals surface area (Å²) in [5, 5.41) is 2.71. The Hall–Kier alpha value is -2.21. The van der Waals surface area contributed by atoms with E-state index >= 15 is 0 Å². The number of nitrogens with one attached hydrogen (secondary N) is 2. The van der Waals surface area contributed by atoms with Gasteiger partial charge in [0.1, 0.15) is 5.82 Å². The summed E-state index contributed by atoms with van der Waals surface area (Å²) in [6, 6.07) is 5.31. The molecule has 1 heterocycles. The van der Waals surface area contributed by atoms with Gasteiger partial charge in [-0.1, -0.05) is 12.1 Å². The third kappa shape index (κ3) is 3.89. The van der Waals surface area contributed by atoms with E-state index in [0.717, 1.165) is 11.3 Å². The molecule has 1 atom stereocenters. The van der Waals surface area contributed by atoms with E-state index in [4.69, 9.17) is 5.73 Å². The summed E-state index contributed by atoms with van der Waals surface area (Å²) >= 11 is 0. The normalized spacial score (nSPS) is 12.1. The number of rotatable bonds is 5. The van der Waals surface area contributed by atoms with E-state index in [0.29, 0.717) is 13.0 Å². The Balaban J connectivity index is 1.82. The molecule has 0 spiro atoms. The Morgan fingerprint density at radius 1 is 1.42 bits per heavy atom. The van der Waals surface area contributed by atoms with Gasteiger partial charge in [-0.15, -0.1) is 0 Å². The van der Waals surface area contributed by atoms with Crippen molar-refractivity contribution < 1.29 is 9.18 Å². The molecule has 0 bridgehead atoms. The van der Waals surface area contributed by atoms with Crippen LogP contribution in [-0.2, 0) is 17.8 Å². The van der Waals surface area contributed by atoms with E-state index in [9.17, 15) is 9.18 Å². The zero-order valence-electron chi connectivity index (χ0n) is 10.3. The summed E-state index contributed by atoms with van der Waals surface area (Å²) in [6.07, 6.45) is 3.57. The Bertz CT molecular complexity index is 524. The zero-order valence-corrected chi connectivity index (χ0v) is 10.3. The fourth-order valence-electron chi connectivity index (χ4n) is 1.65. The van der Waals surface area contributed by atoms with Crippen molar-refractivity contribution in [2.24, 2.45) is 5.73 Å². The number of H-pyrrole nitrogens is 1. The van der Waals surface area contributed by atoms with Crippen LogP contribution in [0.15, 0.2) is 36.8 Å². The maximum Gasteiger partial charge on any atom is 0.237 e. The minimum absolute atomic E-state index is 0.251. The lowest BCUT2D eigenvalue weighted by Gasteiger charge is -2.11. The van der Waals surface area contributed by atoms with Crippen molar-refractivity contribution >= 4 is 5.91 Å². The molecule has 5 nitrogen and oxygen atoms in total. The fourth-order valence-corrected chi connectivity index (χ4v) is 1.65. The molecular weight excluding hydrogens is 247 g/mol. The van der Waals surface area contributed by atoms with Crippen LogP contribution in [0.1, 0.15) is 11.3 Å². The fraction of sp³-hybridized carbons (Fsp3) is 0.231. The maximum absolute atomic E-state index is 12.7. The molecule has 0 saturated carbocycles. The van der Waals surface area contributed by atoms with Crippen LogP contribution in [0, 0.1) is 5.82 Å². The average molecular weight is 262 g/mol. The van der Waals surface area contributed by atoms with Crippen molar-refractivity contribution in [3.63, 3.8) is 0 Å². The highest BCUT2D eigenvalue weighted by molar-refractivity contribution is 5.81. The SMILES string of the molecule is N[C@@H](Cc1cnc[nH]1)C(=O)NCc1ccc(F)cc1. The number of amides is 1. The highest BCUT2D eigenvalue weighted by Crippen LogP contribution is 2.02. The van der Waals surface area contributed by atoms with Crippen LogP contribution >= 0.6 is 0 Å². The molecule has 1 aromatic carbocycles. The van der Waals surface area contributed by atoms with Crippen LogP contribution in [0.25, 0.3) is 0 Å². The number of halogens is 1. The molecule has 19 heavy (non-hydrogen) atoms. The minimum Gasteiger partial charge on any atom is -0.351 e. The summed E-state index contributed by atoms with van der Waals surface area (Å²) < 4.78 is 12.7. The minimum atomic E-state index is -0.638. The number of carbonyl (C=O) groups excluding carboxylic acids is 1. The third-order valence-electron chi connectivity index (χ3n) is 2.71. The second-order valence-corrected chi connectivity index (χ2v) is 4.23. The van der Waals surface area contributed by atoms with Crippen LogP contribution in [0.4, 0.5) is 4.39 Å². The Morgan fingerprint density at radius 3 is 2.79 bits per heavy atom. The highest BCUT2D eigenvalue weighted by Gasteiger charge is 2.14. The Kier molecular flexibility index (Phi) is 4.25. The summed E-state index contributed by atoms with van der Waals surface area (Å²) in [6.45, 7) is 0.329. The molecule has 6 heteroatoms. The topological polar surface area (TPSA) is 83.8 Å². The first-order chi connectivity index (χ1) is 9.15. The molecule has 0 aliphatic carbocycles. The van der Waals surface area contributed by atoms with Gasteiger partial charge in [-0.05, 0) is 17.7 Å². The first kappa shape index (κ1) is 13.2. The second kappa shape index (κ2) is 6.10. The number of nitrogens with two attached hydrogens (primary N) is 1. The van der Waals surface area contributed by atoms with Crippen LogP contribution < -0.4 is 11.1 Å². The van der Waals surface area contributed by atoms with Crippen molar-refractivity contribution in [3.8, 4) is 0 Å². The summed E-state index contributed by atoms with van der Waals surface area (Å²) in [5.41, 5.74) is 7.41. The summed E-state index contributed by atoms with van der Waals surface area (Å²) in [5.74, 6) is -0.551. The van der Waals surface area contributed by atoms with E-state index < -0.39 is 6.04 Å². The van der Waals surface area contributed by atoms with Crippen LogP contribution in [0.2, 0.25) is 0 Å². The van der Waals surface area contributed by atoms with E-state index in [1.807, 2.05) is 0 Å². The number of hydrogen-bond donors (Lipinski definition) is 3. The molecule has 0 saturated heterocycles. The predicted molar refractivity (Wildman–Crippen MR) is 68.5 cm³/mol. The van der Waals surface area contributed by atoms with Crippen LogP contribution in [0.5, 0.6) is 0 Å². The molecule has 2 rings (SSSR count). The molecule has 2 aromatic rings. The van der Waals surface area contributed by atoms with Crippen LogP contribution in [0.3, 0.4) is 0 Å². The monoisotopic (exact) mass is 262 g/mol. The number of aromatic amines is 1. The molecule has 1 aromatic heterocycles. The lowest BCUT2D eigenvalue weighted by Crippen LogP contribution is -2.41. The molecular formula is C13H15FN4O. The van der Waals surface area contributed by atoms with Gasteiger partial charge in [-0.3, -0.25) is 4.79 Å². The van der Waals surface area contributed by atoms with Gasteiger partial charge in [0.2, 0.25) is 5.91 Å². The van der Waals surface area contributed by atoms with Crippen molar-refractivity contribution in [2.45, 2.75) is 19.0 Å². The third-order valence-corrected chi connectivity index (χ3v) is 2.71. The second-order valence-electron chi connectivity index (χ2n) is 4.23. The van der Waals surface area contributed by atoms with Gasteiger partial charge in [0.05, 0.1) is 12.4 Å². The van der Waals surface area contributed by atoms with Gasteiger partial charge in [0, 0.05) is 24.9 Å². The molecule has 0 aliphatic heterocycles. The molecule has 100 valence electrons. The van der Waals surface area contributed by atoms with Crippen molar-refractivity contribution in [1.29, 1.82) is 0 Å². The average Bonchev–Trinajstić information content (AvgIpc) is 2.90. The molecule has 0 unspecified atom stereocenters. The number of carbonyl (C=O) groups is 1. The van der Waals surface area contributed by atoms with E-state index in [2.05, 4.69) is 15.3 Å². The lowest BCUT2D eigenvalue weighted by molar-refractivity contribution is -0.122. The van der Waals surface area contributed by atoms with Gasteiger partial charge in [0.25, 0.3) is 0 Å². The molecule has 0 fully saturated rings. The lowest BCUT2D eigenvalue weighted by atomic mass is 10.1. The van der Waals surface area contributed by atoms with E-state index in [1.54, 1.807) is 24.7 Å². The zero-order chi connectivity index (χ0) is 13.7. The largest absolute Gasteiger partial charge is 0.351 e. The van der Waals surface area contributed by atoms with Crippen molar-refractivity contribution in [2.75, 3.05) is 0 Å². The quantitative estimate of drug-likeness (QED) is 0.743. The molecule has 1 amide bonds. The van der Waals surface area contributed by atoms with Gasteiger partial charge in [-0.25, -0.2) is 9.37 Å². The van der Waals surface area contributed by atoms with Crippen molar-refractivity contribution in [1.82, 2.24) is 15.3 Å². The van der Waals surface area contributed by atoms with Gasteiger partial charge in [-0.2, -0.15) is 0 Å². The predicted octanol–water partition coefficient (Wildman–Crippen LogP) is 0.735. The number of benzene rings is 1. The summed E-state index contributed by atoms with van der Waals surface area (Å²) in [7, 11) is 0. The van der Waals surface area contributed by atoms with E-state index in [-0.39, 0.29) is 11.7 Å². The van der Waals surface area contributed by atoms with Gasteiger partial charge in [0.15, 0.2) is 0 Å². The van der Waals surface area contributed by atoms with E-state index in [1.165, 1.54) is 12.1 Å².